The van der Waals surface area contributed by atoms with Crippen LogP contribution in [-0.2, 0) is 28.0 Å². The van der Waals surface area contributed by atoms with Gasteiger partial charge in [0.2, 0.25) is 6.33 Å². The zero-order valence-electron chi connectivity index (χ0n) is 25.8. The van der Waals surface area contributed by atoms with Crippen LogP contribution in [0.3, 0.4) is 0 Å². The van der Waals surface area contributed by atoms with Gasteiger partial charge in [-0.15, -0.1) is 29.7 Å². The molecule has 0 radical (unpaired) electrons. The van der Waals surface area contributed by atoms with Gasteiger partial charge in [0.1, 0.15) is 5.82 Å². The predicted molar refractivity (Wildman–Crippen MR) is 163 cm³/mol. The second kappa shape index (κ2) is 10.4. The molecule has 7 aromatic rings. The molecule has 0 N–H and O–H groups in total. The molecule has 0 spiro atoms. The van der Waals surface area contributed by atoms with E-state index in [1.807, 2.05) is 60.8 Å². The third-order valence-electron chi connectivity index (χ3n) is 7.17. The first-order valence-corrected chi connectivity index (χ1v) is 16.7. The van der Waals surface area contributed by atoms with Gasteiger partial charge >= 0.3 is 0 Å². The number of aromatic nitrogens is 4. The normalized spacial score (nSPS) is 13.1. The molecule has 206 valence electrons. The van der Waals surface area contributed by atoms with Crippen molar-refractivity contribution in [1.29, 1.82) is 0 Å². The Bertz CT molecular complexity index is 2160. The minimum Gasteiger partial charge on any atom is -0.510 e. The number of rotatable bonds is 5. The number of hydrogen-bond donors (Lipinski definition) is 0. The molecule has 3 aromatic heterocycles. The smallest absolute Gasteiger partial charge is 0.242 e. The van der Waals surface area contributed by atoms with Gasteiger partial charge in [0.25, 0.3) is 0 Å². The van der Waals surface area contributed by atoms with Crippen molar-refractivity contribution in [2.45, 2.75) is 19.6 Å². The summed E-state index contributed by atoms with van der Waals surface area (Å²) in [6.45, 7) is 4.62. The Hall–Kier alpha value is -3.99. The number of para-hydroxylation sites is 3. The average Bonchev–Trinajstić information content (AvgIpc) is 3.53. The molecule has 0 atom stereocenters. The van der Waals surface area contributed by atoms with E-state index >= 15 is 0 Å². The molecule has 4 aromatic carbocycles. The van der Waals surface area contributed by atoms with Gasteiger partial charge in [0.15, 0.2) is 0 Å². The van der Waals surface area contributed by atoms with Crippen molar-refractivity contribution >= 4 is 46.1 Å². The molecule has 0 amide bonds. The molecule has 0 aliphatic rings. The van der Waals surface area contributed by atoms with Crippen molar-refractivity contribution < 1.29 is 34.5 Å². The van der Waals surface area contributed by atoms with Crippen molar-refractivity contribution in [2.75, 3.05) is 0 Å². The summed E-state index contributed by atoms with van der Waals surface area (Å²) in [7, 11) is -1.56. The first kappa shape index (κ1) is 23.7. The van der Waals surface area contributed by atoms with Crippen LogP contribution < -0.4 is 14.5 Å². The Morgan fingerprint density at radius 2 is 1.61 bits per heavy atom. The standard InChI is InChI=1S/C34H28N4OSi.Pt/c1-36-23-37(32-15-8-7-14-31(32)36)24-10-9-11-25(20-24)39-26-16-17-29-28-12-5-6-13-30(28)38(33(29)21-26)34-22-27(18-19-35-34)40(2,3)4;/h5-19,22H,1-4H3;/q-2;/i1D3;. The Kier molecular flexibility index (Phi) is 6.03. The van der Waals surface area contributed by atoms with Gasteiger partial charge in [-0.1, -0.05) is 78.5 Å². The number of fused-ring (bicyclic) bond motifs is 4. The quantitative estimate of drug-likeness (QED) is 0.112. The summed E-state index contributed by atoms with van der Waals surface area (Å²) in [5, 5.41) is 3.51. The zero-order valence-corrected chi connectivity index (χ0v) is 26.0. The number of imidazole rings is 1. The average molecular weight is 735 g/mol. The SMILES string of the molecule is [2H]C([2H])([2H])[n+]1[c-]n(-c2[c-]c(Oc3[c-]c4c(cc3)c3ccccc3n4-c3cc([Si](C)(C)C)ccn3)ccc2)c2ccccc21.[Pt]. The van der Waals surface area contributed by atoms with Gasteiger partial charge in [-0.3, -0.25) is 0 Å². The van der Waals surface area contributed by atoms with E-state index in [-0.39, 0.29) is 21.1 Å². The summed E-state index contributed by atoms with van der Waals surface area (Å²) < 4.78 is 35.2. The van der Waals surface area contributed by atoms with Crippen LogP contribution in [0.4, 0.5) is 0 Å². The van der Waals surface area contributed by atoms with Gasteiger partial charge in [0, 0.05) is 44.3 Å². The first-order valence-electron chi connectivity index (χ1n) is 14.7. The molecule has 0 saturated heterocycles. The third kappa shape index (κ3) is 4.81. The summed E-state index contributed by atoms with van der Waals surface area (Å²) >= 11 is 0. The second-order valence-electron chi connectivity index (χ2n) is 10.9. The molecule has 0 fully saturated rings. The van der Waals surface area contributed by atoms with Crippen molar-refractivity contribution in [1.82, 2.24) is 14.1 Å². The molecule has 5 nitrogen and oxygen atoms in total. The summed E-state index contributed by atoms with van der Waals surface area (Å²) in [5.41, 5.74) is 3.80. The Labute approximate surface area is 259 Å². The van der Waals surface area contributed by atoms with Crippen molar-refractivity contribution in [3.8, 4) is 23.0 Å². The fourth-order valence-corrected chi connectivity index (χ4v) is 6.29. The first-order chi connectivity index (χ1) is 20.6. The van der Waals surface area contributed by atoms with E-state index in [4.69, 9.17) is 13.8 Å². The van der Waals surface area contributed by atoms with Crippen LogP contribution in [0.1, 0.15) is 4.11 Å². The van der Waals surface area contributed by atoms with E-state index in [9.17, 15) is 0 Å². The molecule has 0 aliphatic carbocycles. The molecule has 0 bridgehead atoms. The van der Waals surface area contributed by atoms with E-state index in [1.165, 1.54) is 9.75 Å². The molecule has 0 saturated carbocycles. The third-order valence-corrected chi connectivity index (χ3v) is 9.22. The summed E-state index contributed by atoms with van der Waals surface area (Å²) in [6, 6.07) is 36.2. The van der Waals surface area contributed by atoms with Gasteiger partial charge in [0.05, 0.1) is 30.2 Å². The largest absolute Gasteiger partial charge is 0.510 e. The van der Waals surface area contributed by atoms with Crippen molar-refractivity contribution in [2.24, 2.45) is 6.98 Å². The number of ether oxygens (including phenoxy) is 1. The van der Waals surface area contributed by atoms with Crippen LogP contribution in [0.15, 0.2) is 97.2 Å². The predicted octanol–water partition coefficient (Wildman–Crippen LogP) is 6.68. The van der Waals surface area contributed by atoms with Crippen LogP contribution >= 0.6 is 0 Å². The Morgan fingerprint density at radius 3 is 2.44 bits per heavy atom. The van der Waals surface area contributed by atoms with Crippen LogP contribution in [-0.4, -0.2) is 22.2 Å². The molecule has 41 heavy (non-hydrogen) atoms. The number of pyridine rings is 1. The van der Waals surface area contributed by atoms with E-state index in [2.05, 4.69) is 73.0 Å². The van der Waals surface area contributed by atoms with Gasteiger partial charge < -0.3 is 18.4 Å². The number of benzene rings is 4. The number of nitrogens with zero attached hydrogens (tertiary/aromatic N) is 4. The molecule has 0 aliphatic heterocycles. The maximum absolute atomic E-state index is 7.96. The fraction of sp³-hybridized carbons (Fsp3) is 0.118. The van der Waals surface area contributed by atoms with E-state index < -0.39 is 15.0 Å². The molecule has 3 heterocycles. The van der Waals surface area contributed by atoms with E-state index in [0.29, 0.717) is 28.2 Å². The Morgan fingerprint density at radius 1 is 0.829 bits per heavy atom. The molecule has 7 rings (SSSR count). The van der Waals surface area contributed by atoms with E-state index in [1.54, 1.807) is 10.6 Å². The topological polar surface area (TPSA) is 35.9 Å². The van der Waals surface area contributed by atoms with Crippen LogP contribution in [0.2, 0.25) is 19.6 Å². The van der Waals surface area contributed by atoms with Gasteiger partial charge in [-0.05, 0) is 23.6 Å². The maximum Gasteiger partial charge on any atom is 0.242 e. The van der Waals surface area contributed by atoms with Gasteiger partial charge in [-0.2, -0.15) is 18.2 Å². The minimum atomic E-state index is -2.37. The Balaban J connectivity index is 0.00000343. The summed E-state index contributed by atoms with van der Waals surface area (Å²) in [4.78, 5) is 4.77. The van der Waals surface area contributed by atoms with Crippen LogP contribution in [0.25, 0.3) is 44.3 Å². The fourth-order valence-electron chi connectivity index (χ4n) is 5.16. The maximum atomic E-state index is 7.96. The number of aryl methyl sites for hydroxylation is 1. The minimum absolute atomic E-state index is 0. The molecule has 7 heteroatoms. The number of hydrogen-bond acceptors (Lipinski definition) is 2. The van der Waals surface area contributed by atoms with Crippen LogP contribution in [0.5, 0.6) is 11.5 Å². The summed E-state index contributed by atoms with van der Waals surface area (Å²) in [6.07, 6.45) is 4.88. The molecular formula is C34H28N4OPtSi-2. The zero-order chi connectivity index (χ0) is 29.9. The summed E-state index contributed by atoms with van der Waals surface area (Å²) in [5.74, 6) is 1.86. The molecular weight excluding hydrogens is 704 g/mol. The monoisotopic (exact) mass is 734 g/mol. The van der Waals surface area contributed by atoms with E-state index in [0.717, 1.165) is 27.6 Å². The van der Waals surface area contributed by atoms with Crippen molar-refractivity contribution in [3.05, 3.63) is 116 Å². The van der Waals surface area contributed by atoms with Gasteiger partial charge in [-0.25, -0.2) is 4.98 Å². The van der Waals surface area contributed by atoms with Crippen LogP contribution in [0, 0.1) is 18.5 Å². The second-order valence-corrected chi connectivity index (χ2v) is 15.9. The van der Waals surface area contributed by atoms with Crippen molar-refractivity contribution in [3.63, 3.8) is 0 Å². The molecule has 0 unspecified atom stereocenters.